The van der Waals surface area contributed by atoms with Crippen molar-refractivity contribution in [3.05, 3.63) is 30.2 Å². The summed E-state index contributed by atoms with van der Waals surface area (Å²) >= 11 is 1.43. The minimum Gasteiger partial charge on any atom is -0.339 e. The highest BCUT2D eigenvalue weighted by molar-refractivity contribution is 7.99. The van der Waals surface area contributed by atoms with E-state index >= 15 is 0 Å². The van der Waals surface area contributed by atoms with Crippen LogP contribution in [0.4, 0.5) is 0 Å². The average Bonchev–Trinajstić information content (AvgIpc) is 2.71. The fourth-order valence-corrected chi connectivity index (χ4v) is 1.78. The molecule has 72 valence electrons. The van der Waals surface area contributed by atoms with E-state index in [-0.39, 0.29) is 0 Å². The predicted molar refractivity (Wildman–Crippen MR) is 52.6 cm³/mol. The van der Waals surface area contributed by atoms with E-state index in [0.29, 0.717) is 6.54 Å². The summed E-state index contributed by atoms with van der Waals surface area (Å²) in [6, 6.07) is 1.86. The van der Waals surface area contributed by atoms with Crippen LogP contribution >= 0.6 is 11.8 Å². The molecule has 14 heavy (non-hydrogen) atoms. The van der Waals surface area contributed by atoms with Crippen LogP contribution in [-0.2, 0) is 6.54 Å². The molecule has 0 fully saturated rings. The molecule has 0 aromatic carbocycles. The van der Waals surface area contributed by atoms with Crippen molar-refractivity contribution in [2.24, 2.45) is 5.73 Å². The molecule has 0 aliphatic carbocycles. The highest BCUT2D eigenvalue weighted by Crippen LogP contribution is 2.24. The van der Waals surface area contributed by atoms with Gasteiger partial charge in [0.05, 0.1) is 0 Å². The second kappa shape index (κ2) is 4.21. The molecule has 0 spiro atoms. The van der Waals surface area contributed by atoms with Gasteiger partial charge in [0.15, 0.2) is 5.16 Å². The van der Waals surface area contributed by atoms with Gasteiger partial charge in [0.1, 0.15) is 5.03 Å². The van der Waals surface area contributed by atoms with Crippen LogP contribution in [0.25, 0.3) is 0 Å². The van der Waals surface area contributed by atoms with Crippen LogP contribution in [0.5, 0.6) is 0 Å². The number of H-pyrrole nitrogens is 1. The van der Waals surface area contributed by atoms with Gasteiger partial charge in [-0.25, -0.2) is 4.98 Å². The summed E-state index contributed by atoms with van der Waals surface area (Å²) in [6.07, 6.45) is 5.09. The molecule has 0 radical (unpaired) electrons. The molecule has 0 aliphatic rings. The maximum absolute atomic E-state index is 5.57. The molecule has 0 unspecified atom stereocenters. The molecule has 0 atom stereocenters. The molecule has 0 bridgehead atoms. The molecular formula is C8H9N5S. The van der Waals surface area contributed by atoms with E-state index in [4.69, 9.17) is 5.73 Å². The van der Waals surface area contributed by atoms with E-state index in [2.05, 4.69) is 20.2 Å². The molecule has 2 aromatic rings. The van der Waals surface area contributed by atoms with Crippen molar-refractivity contribution in [2.75, 3.05) is 0 Å². The Morgan fingerprint density at radius 1 is 1.43 bits per heavy atom. The van der Waals surface area contributed by atoms with Crippen molar-refractivity contribution in [3.8, 4) is 0 Å². The maximum Gasteiger partial charge on any atom is 0.171 e. The lowest BCUT2D eigenvalue weighted by atomic mass is 10.3. The molecule has 2 aromatic heterocycles. The Hall–Kier alpha value is -1.40. The second-order valence-corrected chi connectivity index (χ2v) is 3.54. The molecular weight excluding hydrogens is 198 g/mol. The molecule has 3 N–H and O–H groups in total. The number of nitrogens with zero attached hydrogens (tertiary/aromatic N) is 3. The number of rotatable bonds is 3. The summed E-state index contributed by atoms with van der Waals surface area (Å²) in [5.74, 6) is 0. The van der Waals surface area contributed by atoms with E-state index in [1.807, 2.05) is 6.07 Å². The number of nitrogens with two attached hydrogens (primary N) is 1. The van der Waals surface area contributed by atoms with Crippen LogP contribution in [-0.4, -0.2) is 20.2 Å². The van der Waals surface area contributed by atoms with E-state index in [9.17, 15) is 0 Å². The van der Waals surface area contributed by atoms with Gasteiger partial charge in [-0.3, -0.25) is 0 Å². The van der Waals surface area contributed by atoms with E-state index in [0.717, 1.165) is 15.7 Å². The highest BCUT2D eigenvalue weighted by atomic mass is 32.2. The lowest BCUT2D eigenvalue weighted by Gasteiger charge is -2.01. The summed E-state index contributed by atoms with van der Waals surface area (Å²) in [6.45, 7) is 0.457. The summed E-state index contributed by atoms with van der Waals surface area (Å²) in [7, 11) is 0. The van der Waals surface area contributed by atoms with E-state index in [1.54, 1.807) is 18.6 Å². The first-order valence-corrected chi connectivity index (χ1v) is 4.89. The number of nitrogens with one attached hydrogen (secondary N) is 1. The number of aromatic amines is 1. The topological polar surface area (TPSA) is 80.5 Å². The standard InChI is InChI=1S/C8H9N5S/c9-5-6-1-2-12-13-7(6)14-8-10-3-4-11-8/h1-4H,5,9H2,(H,10,11). The Morgan fingerprint density at radius 2 is 2.36 bits per heavy atom. The van der Waals surface area contributed by atoms with Crippen molar-refractivity contribution in [1.29, 1.82) is 0 Å². The van der Waals surface area contributed by atoms with Crippen LogP contribution in [0.1, 0.15) is 5.56 Å². The van der Waals surface area contributed by atoms with E-state index < -0.39 is 0 Å². The first kappa shape index (κ1) is 9.17. The second-order valence-electron chi connectivity index (χ2n) is 2.56. The van der Waals surface area contributed by atoms with Crippen molar-refractivity contribution < 1.29 is 0 Å². The van der Waals surface area contributed by atoms with Crippen molar-refractivity contribution >= 4 is 11.8 Å². The third kappa shape index (κ3) is 1.91. The number of aromatic nitrogens is 4. The van der Waals surface area contributed by atoms with Crippen LogP contribution < -0.4 is 5.73 Å². The monoisotopic (exact) mass is 207 g/mol. The molecule has 0 aliphatic heterocycles. The number of hydrogen-bond acceptors (Lipinski definition) is 5. The van der Waals surface area contributed by atoms with Crippen LogP contribution in [0.2, 0.25) is 0 Å². The first-order valence-electron chi connectivity index (χ1n) is 4.08. The zero-order valence-corrected chi connectivity index (χ0v) is 8.16. The third-order valence-corrected chi connectivity index (χ3v) is 2.61. The Bertz CT molecular complexity index is 400. The summed E-state index contributed by atoms with van der Waals surface area (Å²) < 4.78 is 0. The van der Waals surface area contributed by atoms with Gasteiger partial charge in [-0.2, -0.15) is 5.10 Å². The zero-order valence-electron chi connectivity index (χ0n) is 7.34. The first-order chi connectivity index (χ1) is 6.90. The van der Waals surface area contributed by atoms with Crippen LogP contribution in [0, 0.1) is 0 Å². The molecule has 2 rings (SSSR count). The highest BCUT2D eigenvalue weighted by Gasteiger charge is 2.05. The fourth-order valence-electron chi connectivity index (χ4n) is 0.984. The number of hydrogen-bond donors (Lipinski definition) is 2. The van der Waals surface area contributed by atoms with Gasteiger partial charge in [0.25, 0.3) is 0 Å². The summed E-state index contributed by atoms with van der Waals surface area (Å²) in [4.78, 5) is 7.07. The molecule has 0 amide bonds. The minimum atomic E-state index is 0.457. The van der Waals surface area contributed by atoms with Gasteiger partial charge in [-0.05, 0) is 17.8 Å². The molecule has 0 saturated heterocycles. The lowest BCUT2D eigenvalue weighted by molar-refractivity contribution is 0.862. The van der Waals surface area contributed by atoms with Crippen LogP contribution in [0.3, 0.4) is 0 Å². The minimum absolute atomic E-state index is 0.457. The maximum atomic E-state index is 5.57. The lowest BCUT2D eigenvalue weighted by Crippen LogP contribution is -2.00. The fraction of sp³-hybridized carbons (Fsp3) is 0.125. The molecule has 0 saturated carbocycles. The van der Waals surface area contributed by atoms with Gasteiger partial charge < -0.3 is 10.7 Å². The Kier molecular flexibility index (Phi) is 2.76. The quantitative estimate of drug-likeness (QED) is 0.778. The number of imidazole rings is 1. The Labute approximate surface area is 85.2 Å². The van der Waals surface area contributed by atoms with Gasteiger partial charge in [-0.1, -0.05) is 0 Å². The smallest absolute Gasteiger partial charge is 0.171 e. The van der Waals surface area contributed by atoms with E-state index in [1.165, 1.54) is 11.8 Å². The molecule has 2 heterocycles. The van der Waals surface area contributed by atoms with Gasteiger partial charge in [0.2, 0.25) is 0 Å². The normalized spacial score (nSPS) is 10.4. The Balaban J connectivity index is 2.24. The third-order valence-electron chi connectivity index (χ3n) is 1.65. The van der Waals surface area contributed by atoms with Crippen LogP contribution in [0.15, 0.2) is 34.8 Å². The predicted octanol–water partition coefficient (Wildman–Crippen LogP) is 0.810. The van der Waals surface area contributed by atoms with Gasteiger partial charge >= 0.3 is 0 Å². The molecule has 5 nitrogen and oxygen atoms in total. The SMILES string of the molecule is NCc1ccnnc1Sc1ncc[nH]1. The average molecular weight is 207 g/mol. The van der Waals surface area contributed by atoms with Crippen molar-refractivity contribution in [1.82, 2.24) is 20.2 Å². The zero-order chi connectivity index (χ0) is 9.80. The summed E-state index contributed by atoms with van der Waals surface area (Å²) in [5, 5.41) is 9.39. The molecule has 6 heteroatoms. The Morgan fingerprint density at radius 3 is 3.07 bits per heavy atom. The largest absolute Gasteiger partial charge is 0.339 e. The van der Waals surface area contributed by atoms with Crippen molar-refractivity contribution in [3.63, 3.8) is 0 Å². The van der Waals surface area contributed by atoms with Gasteiger partial charge in [0, 0.05) is 30.7 Å². The van der Waals surface area contributed by atoms with Gasteiger partial charge in [-0.15, -0.1) is 5.10 Å². The van der Waals surface area contributed by atoms with Crippen molar-refractivity contribution in [2.45, 2.75) is 16.7 Å². The summed E-state index contributed by atoms with van der Waals surface area (Å²) in [5.41, 5.74) is 6.54.